The van der Waals surface area contributed by atoms with Crippen molar-refractivity contribution in [1.29, 1.82) is 0 Å². The molecule has 0 aliphatic carbocycles. The summed E-state index contributed by atoms with van der Waals surface area (Å²) in [6, 6.07) is 5.81. The molecule has 0 saturated carbocycles. The average molecular weight is 378 g/mol. The highest BCUT2D eigenvalue weighted by molar-refractivity contribution is 9.10. The van der Waals surface area contributed by atoms with Crippen molar-refractivity contribution in [3.8, 4) is 5.75 Å². The minimum Gasteiger partial charge on any atom is -0.496 e. The number of nitrogens with zero attached hydrogens (tertiary/aromatic N) is 1. The Morgan fingerprint density at radius 1 is 1.48 bits per heavy atom. The number of methoxy groups -OCH3 is 1. The number of carbonyl (C=O) groups is 1. The Hall–Kier alpha value is -0.780. The zero-order valence-corrected chi connectivity index (χ0v) is 14.8. The van der Waals surface area contributed by atoms with Gasteiger partial charge in [-0.05, 0) is 37.6 Å². The van der Waals surface area contributed by atoms with Crippen molar-refractivity contribution in [2.45, 2.75) is 31.8 Å². The lowest BCUT2D eigenvalue weighted by atomic mass is 10.0. The topological polar surface area (TPSA) is 41.6 Å². The number of amides is 1. The molecular weight excluding hydrogens is 356 g/mol. The van der Waals surface area contributed by atoms with Crippen LogP contribution in [0.3, 0.4) is 0 Å². The molecule has 1 heterocycles. The Balaban J connectivity index is 0.00000220. The molecule has 4 nitrogen and oxygen atoms in total. The number of carbonyl (C=O) groups excluding carboxylic acids is 1. The predicted octanol–water partition coefficient (Wildman–Crippen LogP) is 2.98. The fourth-order valence-electron chi connectivity index (χ4n) is 2.53. The minimum absolute atomic E-state index is 0. The lowest BCUT2D eigenvalue weighted by Crippen LogP contribution is -2.47. The number of benzene rings is 1. The van der Waals surface area contributed by atoms with Crippen molar-refractivity contribution < 1.29 is 9.53 Å². The summed E-state index contributed by atoms with van der Waals surface area (Å²) in [6.07, 6.45) is 3.21. The zero-order chi connectivity index (χ0) is 14.5. The molecule has 0 bridgehead atoms. The van der Waals surface area contributed by atoms with E-state index in [-0.39, 0.29) is 24.4 Å². The molecule has 0 spiro atoms. The van der Waals surface area contributed by atoms with E-state index < -0.39 is 0 Å². The molecule has 21 heavy (non-hydrogen) atoms. The number of hydrogen-bond acceptors (Lipinski definition) is 3. The Bertz CT molecular complexity index is 479. The number of nitrogens with one attached hydrogen (secondary N) is 1. The summed E-state index contributed by atoms with van der Waals surface area (Å²) >= 11 is 3.46. The van der Waals surface area contributed by atoms with Crippen molar-refractivity contribution in [2.75, 3.05) is 20.7 Å². The maximum atomic E-state index is 12.4. The molecular formula is C15H22BrClN2O2. The van der Waals surface area contributed by atoms with Gasteiger partial charge in [0.25, 0.3) is 0 Å². The van der Waals surface area contributed by atoms with Crippen molar-refractivity contribution in [3.63, 3.8) is 0 Å². The molecule has 1 saturated heterocycles. The van der Waals surface area contributed by atoms with Crippen LogP contribution in [0.5, 0.6) is 5.75 Å². The third-order valence-electron chi connectivity index (χ3n) is 3.63. The summed E-state index contributed by atoms with van der Waals surface area (Å²) in [5, 5.41) is 3.29. The summed E-state index contributed by atoms with van der Waals surface area (Å²) in [5.41, 5.74) is 1.01. The molecule has 1 aliphatic heterocycles. The van der Waals surface area contributed by atoms with Crippen LogP contribution in [-0.4, -0.2) is 37.6 Å². The highest BCUT2D eigenvalue weighted by Gasteiger charge is 2.24. The highest BCUT2D eigenvalue weighted by atomic mass is 79.9. The van der Waals surface area contributed by atoms with Crippen molar-refractivity contribution in [3.05, 3.63) is 28.2 Å². The summed E-state index contributed by atoms with van der Waals surface area (Å²) in [6.45, 7) is 1.49. The van der Waals surface area contributed by atoms with E-state index in [4.69, 9.17) is 4.74 Å². The molecule has 1 aromatic rings. The van der Waals surface area contributed by atoms with Gasteiger partial charge < -0.3 is 15.0 Å². The van der Waals surface area contributed by atoms with Gasteiger partial charge in [-0.2, -0.15) is 0 Å². The molecule has 0 aromatic heterocycles. The van der Waals surface area contributed by atoms with E-state index in [1.54, 1.807) is 12.0 Å². The summed E-state index contributed by atoms with van der Waals surface area (Å²) < 4.78 is 6.34. The lowest BCUT2D eigenvalue weighted by molar-refractivity contribution is -0.133. The summed E-state index contributed by atoms with van der Waals surface area (Å²) in [7, 11) is 3.50. The average Bonchev–Trinajstić information content (AvgIpc) is 2.47. The number of likely N-dealkylation sites (N-methyl/N-ethyl adjacent to an activating group) is 1. The van der Waals surface area contributed by atoms with E-state index in [1.165, 1.54) is 0 Å². The minimum atomic E-state index is -0.0353. The zero-order valence-electron chi connectivity index (χ0n) is 12.4. The van der Waals surface area contributed by atoms with Crippen molar-refractivity contribution >= 4 is 34.2 Å². The molecule has 0 unspecified atom stereocenters. The van der Waals surface area contributed by atoms with Crippen LogP contribution < -0.4 is 10.1 Å². The predicted molar refractivity (Wildman–Crippen MR) is 90.1 cm³/mol. The fourth-order valence-corrected chi connectivity index (χ4v) is 2.94. The Morgan fingerprint density at radius 2 is 2.24 bits per heavy atom. The maximum Gasteiger partial charge on any atom is 0.239 e. The van der Waals surface area contributed by atoms with Gasteiger partial charge in [0.2, 0.25) is 5.91 Å². The molecule has 1 aromatic carbocycles. The monoisotopic (exact) mass is 376 g/mol. The van der Waals surface area contributed by atoms with Crippen LogP contribution in [0.25, 0.3) is 0 Å². The van der Waals surface area contributed by atoms with Gasteiger partial charge in [-0.25, -0.2) is 0 Å². The highest BCUT2D eigenvalue weighted by Crippen LogP contribution is 2.24. The van der Waals surface area contributed by atoms with E-state index in [0.717, 1.165) is 41.6 Å². The van der Waals surface area contributed by atoms with Crippen LogP contribution in [-0.2, 0) is 11.3 Å². The second-order valence-corrected chi connectivity index (χ2v) is 6.07. The van der Waals surface area contributed by atoms with Crippen LogP contribution in [0.4, 0.5) is 0 Å². The van der Waals surface area contributed by atoms with Crippen LogP contribution in [0.1, 0.15) is 24.8 Å². The third-order valence-corrected chi connectivity index (χ3v) is 4.13. The number of ether oxygens (including phenoxy) is 1. The molecule has 1 N–H and O–H groups in total. The van der Waals surface area contributed by atoms with Gasteiger partial charge in [0.05, 0.1) is 13.2 Å². The quantitative estimate of drug-likeness (QED) is 0.877. The molecule has 118 valence electrons. The Labute approximate surface area is 140 Å². The van der Waals surface area contributed by atoms with Gasteiger partial charge in [-0.3, -0.25) is 4.79 Å². The van der Waals surface area contributed by atoms with Gasteiger partial charge in [-0.15, -0.1) is 12.4 Å². The fraction of sp³-hybridized carbons (Fsp3) is 0.533. The first-order valence-corrected chi connectivity index (χ1v) is 7.72. The van der Waals surface area contributed by atoms with Gasteiger partial charge >= 0.3 is 0 Å². The second-order valence-electron chi connectivity index (χ2n) is 5.15. The number of halogens is 2. The van der Waals surface area contributed by atoms with Crippen molar-refractivity contribution in [1.82, 2.24) is 10.2 Å². The third kappa shape index (κ3) is 4.87. The normalized spacial score (nSPS) is 17.8. The second kappa shape index (κ2) is 8.61. The Morgan fingerprint density at radius 3 is 2.86 bits per heavy atom. The maximum absolute atomic E-state index is 12.4. The molecule has 0 radical (unpaired) electrons. The van der Waals surface area contributed by atoms with E-state index in [1.807, 2.05) is 25.2 Å². The first-order chi connectivity index (χ1) is 9.61. The van der Waals surface area contributed by atoms with E-state index in [9.17, 15) is 4.79 Å². The summed E-state index contributed by atoms with van der Waals surface area (Å²) in [5.74, 6) is 0.969. The van der Waals surface area contributed by atoms with Crippen LogP contribution in [0.2, 0.25) is 0 Å². The number of piperidine rings is 1. The standard InChI is InChI=1S/C15H21BrN2O2.ClH/c1-18(15(19)13-5-3-4-8-17-13)10-11-9-12(16)6-7-14(11)20-2;/h6-7,9,13,17H,3-5,8,10H2,1-2H3;1H/t13-;/m1./s1. The number of rotatable bonds is 4. The first kappa shape index (κ1) is 18.3. The van der Waals surface area contributed by atoms with Gasteiger partial charge in [-0.1, -0.05) is 22.4 Å². The molecule has 1 fully saturated rings. The molecule has 1 aliphatic rings. The SMILES string of the molecule is COc1ccc(Br)cc1CN(C)C(=O)[C@H]1CCCCN1.Cl. The van der Waals surface area contributed by atoms with E-state index >= 15 is 0 Å². The molecule has 1 atom stereocenters. The van der Waals surface area contributed by atoms with E-state index in [2.05, 4.69) is 21.2 Å². The molecule has 1 amide bonds. The first-order valence-electron chi connectivity index (χ1n) is 6.92. The van der Waals surface area contributed by atoms with Gasteiger partial charge in [0.1, 0.15) is 5.75 Å². The Kier molecular flexibility index (Phi) is 7.49. The summed E-state index contributed by atoms with van der Waals surface area (Å²) in [4.78, 5) is 14.2. The largest absolute Gasteiger partial charge is 0.496 e. The van der Waals surface area contributed by atoms with Gasteiger partial charge in [0, 0.05) is 23.6 Å². The lowest BCUT2D eigenvalue weighted by Gasteiger charge is -2.28. The van der Waals surface area contributed by atoms with E-state index in [0.29, 0.717) is 6.54 Å². The molecule has 2 rings (SSSR count). The molecule has 6 heteroatoms. The van der Waals surface area contributed by atoms with Gasteiger partial charge in [0.15, 0.2) is 0 Å². The van der Waals surface area contributed by atoms with Crippen LogP contribution in [0.15, 0.2) is 22.7 Å². The smallest absolute Gasteiger partial charge is 0.239 e. The van der Waals surface area contributed by atoms with Crippen LogP contribution in [0, 0.1) is 0 Å². The van der Waals surface area contributed by atoms with Crippen molar-refractivity contribution in [2.24, 2.45) is 0 Å². The van der Waals surface area contributed by atoms with Crippen LogP contribution >= 0.6 is 28.3 Å². The number of hydrogen-bond donors (Lipinski definition) is 1.